The number of ether oxygens (including phenoxy) is 1. The van der Waals surface area contributed by atoms with Gasteiger partial charge >= 0.3 is 5.97 Å². The number of carbonyl (C=O) groups is 2. The van der Waals surface area contributed by atoms with Crippen molar-refractivity contribution < 1.29 is 19.4 Å². The number of nitrogens with zero attached hydrogens (tertiary/aromatic N) is 1. The first-order valence-corrected chi connectivity index (χ1v) is 10.3. The van der Waals surface area contributed by atoms with Gasteiger partial charge in [0.05, 0.1) is 24.8 Å². The molecule has 0 bridgehead atoms. The van der Waals surface area contributed by atoms with Gasteiger partial charge < -0.3 is 14.4 Å². The molecule has 0 aliphatic heterocycles. The van der Waals surface area contributed by atoms with Crippen LogP contribution in [-0.4, -0.2) is 27.5 Å². The van der Waals surface area contributed by atoms with Crippen LogP contribution in [0.3, 0.4) is 0 Å². The molecule has 0 aliphatic carbocycles. The van der Waals surface area contributed by atoms with E-state index in [2.05, 4.69) is 0 Å². The van der Waals surface area contributed by atoms with Crippen LogP contribution >= 0.6 is 0 Å². The molecule has 0 amide bonds. The van der Waals surface area contributed by atoms with Crippen molar-refractivity contribution >= 4 is 17.8 Å². The minimum atomic E-state index is -0.862. The zero-order valence-corrected chi connectivity index (χ0v) is 17.8. The summed E-state index contributed by atoms with van der Waals surface area (Å²) in [6.45, 7) is 4.73. The lowest BCUT2D eigenvalue weighted by molar-refractivity contribution is -0.140. The largest absolute Gasteiger partial charge is 0.481 e. The van der Waals surface area contributed by atoms with E-state index in [1.807, 2.05) is 90.5 Å². The maximum atomic E-state index is 12.8. The molecule has 3 rings (SSSR count). The highest BCUT2D eigenvalue weighted by Gasteiger charge is 2.12. The van der Waals surface area contributed by atoms with E-state index in [1.54, 1.807) is 6.92 Å². The van der Waals surface area contributed by atoms with Crippen molar-refractivity contribution in [1.29, 1.82) is 0 Å². The average Bonchev–Trinajstić information content (AvgIpc) is 3.21. The predicted octanol–water partition coefficient (Wildman–Crippen LogP) is 5.12. The van der Waals surface area contributed by atoms with Crippen molar-refractivity contribution in [3.8, 4) is 0 Å². The first-order chi connectivity index (χ1) is 14.9. The number of aromatic nitrogens is 1. The van der Waals surface area contributed by atoms with Gasteiger partial charge in [-0.15, -0.1) is 0 Å². The molecular weight excluding hydrogens is 390 g/mol. The van der Waals surface area contributed by atoms with Crippen molar-refractivity contribution in [2.75, 3.05) is 0 Å². The van der Waals surface area contributed by atoms with Crippen LogP contribution in [0.25, 0.3) is 6.08 Å². The van der Waals surface area contributed by atoms with E-state index in [0.717, 1.165) is 16.7 Å². The Balaban J connectivity index is 1.57. The molecule has 0 saturated carbocycles. The summed E-state index contributed by atoms with van der Waals surface area (Å²) in [6.07, 6.45) is 5.61. The van der Waals surface area contributed by atoms with Crippen LogP contribution in [0, 0.1) is 6.92 Å². The van der Waals surface area contributed by atoms with Crippen LogP contribution in [0.15, 0.2) is 72.9 Å². The van der Waals surface area contributed by atoms with E-state index < -0.39 is 5.97 Å². The molecular formula is C26H27NO4. The lowest BCUT2D eigenvalue weighted by Crippen LogP contribution is -2.13. The second-order valence-electron chi connectivity index (χ2n) is 7.60. The number of carboxylic acids is 1. The average molecular weight is 418 g/mol. The van der Waals surface area contributed by atoms with Crippen LogP contribution in [0.2, 0.25) is 0 Å². The Hall–Kier alpha value is -3.44. The van der Waals surface area contributed by atoms with Crippen LogP contribution in [-0.2, 0) is 22.7 Å². The van der Waals surface area contributed by atoms with Crippen LogP contribution < -0.4 is 0 Å². The van der Waals surface area contributed by atoms with Crippen molar-refractivity contribution in [1.82, 2.24) is 4.57 Å². The van der Waals surface area contributed by atoms with Crippen LogP contribution in [0.4, 0.5) is 0 Å². The zero-order chi connectivity index (χ0) is 22.2. The van der Waals surface area contributed by atoms with Gasteiger partial charge in [0, 0.05) is 18.3 Å². The summed E-state index contributed by atoms with van der Waals surface area (Å²) < 4.78 is 7.49. The molecule has 5 heteroatoms. The summed E-state index contributed by atoms with van der Waals surface area (Å²) >= 11 is 0. The molecule has 1 N–H and O–H groups in total. The molecule has 1 unspecified atom stereocenters. The molecule has 3 aromatic rings. The predicted molar refractivity (Wildman–Crippen MR) is 121 cm³/mol. The number of aryl methyl sites for hydroxylation is 1. The molecule has 1 atom stereocenters. The van der Waals surface area contributed by atoms with Crippen molar-refractivity contribution in [2.45, 2.75) is 39.5 Å². The molecule has 5 nitrogen and oxygen atoms in total. The van der Waals surface area contributed by atoms with Gasteiger partial charge in [-0.2, -0.15) is 0 Å². The van der Waals surface area contributed by atoms with Gasteiger partial charge in [-0.05, 0) is 37.1 Å². The Morgan fingerprint density at radius 3 is 2.45 bits per heavy atom. The molecule has 0 radical (unpaired) electrons. The minimum Gasteiger partial charge on any atom is -0.481 e. The fourth-order valence-corrected chi connectivity index (χ4v) is 3.20. The Kier molecular flexibility index (Phi) is 7.57. The number of ketones is 1. The van der Waals surface area contributed by atoms with Crippen molar-refractivity contribution in [2.24, 2.45) is 0 Å². The SMILES string of the molecule is Cc1ccc(C(=O)c2cccn2CC=Cc2ccc(COC(C)CC(=O)O)cc2)cc1. The quantitative estimate of drug-likeness (QED) is 0.465. The molecule has 1 aromatic heterocycles. The van der Waals surface area contributed by atoms with E-state index >= 15 is 0 Å². The normalized spacial score (nSPS) is 12.2. The van der Waals surface area contributed by atoms with Crippen LogP contribution in [0.5, 0.6) is 0 Å². The third-order valence-electron chi connectivity index (χ3n) is 4.96. The minimum absolute atomic E-state index is 0.00534. The van der Waals surface area contributed by atoms with E-state index in [9.17, 15) is 9.59 Å². The lowest BCUT2D eigenvalue weighted by Gasteiger charge is -2.10. The van der Waals surface area contributed by atoms with E-state index in [4.69, 9.17) is 9.84 Å². The number of hydrogen-bond donors (Lipinski definition) is 1. The number of aliphatic carboxylic acids is 1. The fourth-order valence-electron chi connectivity index (χ4n) is 3.20. The van der Waals surface area contributed by atoms with E-state index in [-0.39, 0.29) is 18.3 Å². The van der Waals surface area contributed by atoms with E-state index in [0.29, 0.717) is 24.4 Å². The van der Waals surface area contributed by atoms with Gasteiger partial charge in [0.2, 0.25) is 5.78 Å². The molecule has 2 aromatic carbocycles. The summed E-state index contributed by atoms with van der Waals surface area (Å²) in [6, 6.07) is 19.3. The smallest absolute Gasteiger partial charge is 0.305 e. The zero-order valence-electron chi connectivity index (χ0n) is 17.8. The number of allylic oxidation sites excluding steroid dienone is 1. The third kappa shape index (κ3) is 6.52. The number of rotatable bonds is 10. The van der Waals surface area contributed by atoms with Crippen LogP contribution in [0.1, 0.15) is 46.1 Å². The highest BCUT2D eigenvalue weighted by molar-refractivity contribution is 6.08. The molecule has 0 spiro atoms. The lowest BCUT2D eigenvalue weighted by atomic mass is 10.1. The number of hydrogen-bond acceptors (Lipinski definition) is 3. The molecule has 160 valence electrons. The summed E-state index contributed by atoms with van der Waals surface area (Å²) in [5.74, 6) is -0.848. The topological polar surface area (TPSA) is 68.5 Å². The maximum absolute atomic E-state index is 12.8. The van der Waals surface area contributed by atoms with Gasteiger partial charge in [-0.3, -0.25) is 9.59 Å². The first-order valence-electron chi connectivity index (χ1n) is 10.3. The van der Waals surface area contributed by atoms with Gasteiger partial charge in [-0.25, -0.2) is 0 Å². The molecule has 0 fully saturated rings. The first kappa shape index (κ1) is 22.2. The van der Waals surface area contributed by atoms with Gasteiger partial charge in [0.25, 0.3) is 0 Å². The summed E-state index contributed by atoms with van der Waals surface area (Å²) in [5.41, 5.74) is 4.51. The van der Waals surface area contributed by atoms with Crippen molar-refractivity contribution in [3.63, 3.8) is 0 Å². The Morgan fingerprint density at radius 2 is 1.77 bits per heavy atom. The molecule has 0 aliphatic rings. The van der Waals surface area contributed by atoms with E-state index in [1.165, 1.54) is 0 Å². The third-order valence-corrected chi connectivity index (χ3v) is 4.96. The van der Waals surface area contributed by atoms with Gasteiger partial charge in [-0.1, -0.05) is 66.2 Å². The Morgan fingerprint density at radius 1 is 1.06 bits per heavy atom. The number of carbonyl (C=O) groups excluding carboxylic acids is 1. The Bertz CT molecular complexity index is 1050. The maximum Gasteiger partial charge on any atom is 0.305 e. The molecule has 31 heavy (non-hydrogen) atoms. The highest BCUT2D eigenvalue weighted by Crippen LogP contribution is 2.13. The summed E-state index contributed by atoms with van der Waals surface area (Å²) in [5, 5.41) is 8.78. The fraction of sp³-hybridized carbons (Fsp3) is 0.231. The number of benzene rings is 2. The Labute approximate surface area is 182 Å². The van der Waals surface area contributed by atoms with Gasteiger partial charge in [0.1, 0.15) is 0 Å². The highest BCUT2D eigenvalue weighted by atomic mass is 16.5. The standard InChI is InChI=1S/C26H27NO4/c1-19-7-13-23(14-8-19)26(30)24-6-4-16-27(24)15-3-5-21-9-11-22(12-10-21)18-31-20(2)17-25(28)29/h3-14,16,20H,15,17-18H2,1-2H3,(H,28,29). The molecule has 1 heterocycles. The second-order valence-corrected chi connectivity index (χ2v) is 7.60. The monoisotopic (exact) mass is 417 g/mol. The molecule has 0 saturated heterocycles. The second kappa shape index (κ2) is 10.5. The summed E-state index contributed by atoms with van der Waals surface area (Å²) in [7, 11) is 0. The van der Waals surface area contributed by atoms with Gasteiger partial charge in [0.15, 0.2) is 0 Å². The number of carboxylic acid groups (broad SMARTS) is 1. The van der Waals surface area contributed by atoms with Crippen molar-refractivity contribution in [3.05, 3.63) is 101 Å². The summed E-state index contributed by atoms with van der Waals surface area (Å²) in [4.78, 5) is 23.5.